The van der Waals surface area contributed by atoms with Crippen LogP contribution in [0.2, 0.25) is 0 Å². The average Bonchev–Trinajstić information content (AvgIpc) is 3.22. The maximum absolute atomic E-state index is 12.6. The van der Waals surface area contributed by atoms with Crippen LogP contribution in [-0.4, -0.2) is 46.8 Å². The lowest BCUT2D eigenvalue weighted by molar-refractivity contribution is 0.0781. The third-order valence-corrected chi connectivity index (χ3v) is 4.53. The number of likely N-dealkylation sites (tertiary alicyclic amines) is 1. The van der Waals surface area contributed by atoms with Crippen LogP contribution in [0.4, 0.5) is 0 Å². The highest BCUT2D eigenvalue weighted by molar-refractivity contribution is 5.94. The first kappa shape index (κ1) is 12.6. The van der Waals surface area contributed by atoms with Crippen LogP contribution in [0.1, 0.15) is 10.4 Å². The molecule has 1 aromatic carbocycles. The van der Waals surface area contributed by atoms with E-state index in [9.17, 15) is 4.79 Å². The number of hydrogen-bond donors (Lipinski definition) is 1. The van der Waals surface area contributed by atoms with Crippen LogP contribution < -0.4 is 5.32 Å². The summed E-state index contributed by atoms with van der Waals surface area (Å²) in [5, 5.41) is 7.70. The molecule has 5 heteroatoms. The molecule has 1 amide bonds. The van der Waals surface area contributed by atoms with E-state index in [4.69, 9.17) is 0 Å². The number of fused-ring (bicyclic) bond motifs is 1. The van der Waals surface area contributed by atoms with Gasteiger partial charge in [-0.05, 0) is 24.0 Å². The topological polar surface area (TPSA) is 50.2 Å². The molecule has 2 saturated heterocycles. The summed E-state index contributed by atoms with van der Waals surface area (Å²) in [7, 11) is 0. The summed E-state index contributed by atoms with van der Waals surface area (Å²) >= 11 is 0. The summed E-state index contributed by atoms with van der Waals surface area (Å²) in [4.78, 5) is 14.5. The zero-order chi connectivity index (χ0) is 14.2. The fourth-order valence-corrected chi connectivity index (χ4v) is 3.36. The Morgan fingerprint density at radius 3 is 2.57 bits per heavy atom. The van der Waals surface area contributed by atoms with Crippen molar-refractivity contribution in [1.82, 2.24) is 20.0 Å². The standard InChI is InChI=1S/C16H18N4O/c21-16(19-9-12-6-17-7-13(12)10-19)14-8-18-20(11-14)15-4-2-1-3-5-15/h1-5,8,11-13,17H,6-7,9-10H2/t12-,13+. The molecule has 0 bridgehead atoms. The molecule has 0 aliphatic carbocycles. The number of rotatable bonds is 2. The van der Waals surface area contributed by atoms with E-state index in [1.54, 1.807) is 10.9 Å². The lowest BCUT2D eigenvalue weighted by Crippen LogP contribution is -2.31. The van der Waals surface area contributed by atoms with Gasteiger partial charge in [0.2, 0.25) is 0 Å². The second-order valence-corrected chi connectivity index (χ2v) is 5.90. The molecule has 2 aromatic rings. The molecule has 0 radical (unpaired) electrons. The zero-order valence-corrected chi connectivity index (χ0v) is 11.8. The van der Waals surface area contributed by atoms with Gasteiger partial charge in [-0.25, -0.2) is 4.68 Å². The summed E-state index contributed by atoms with van der Waals surface area (Å²) in [5.41, 5.74) is 1.64. The third kappa shape index (κ3) is 2.23. The second kappa shape index (κ2) is 5.00. The van der Waals surface area contributed by atoms with Crippen molar-refractivity contribution in [2.45, 2.75) is 0 Å². The molecule has 1 N–H and O–H groups in total. The SMILES string of the molecule is O=C(c1cnn(-c2ccccc2)c1)N1C[C@H]2CNC[C@H]2C1. The minimum atomic E-state index is 0.103. The smallest absolute Gasteiger partial charge is 0.257 e. The van der Waals surface area contributed by atoms with Crippen LogP contribution in [-0.2, 0) is 0 Å². The Bertz CT molecular complexity index is 639. The third-order valence-electron chi connectivity index (χ3n) is 4.53. The fourth-order valence-electron chi connectivity index (χ4n) is 3.36. The van der Waals surface area contributed by atoms with Gasteiger partial charge < -0.3 is 10.2 Å². The zero-order valence-electron chi connectivity index (χ0n) is 11.8. The van der Waals surface area contributed by atoms with E-state index in [-0.39, 0.29) is 5.91 Å². The molecule has 5 nitrogen and oxygen atoms in total. The van der Waals surface area contributed by atoms with Gasteiger partial charge in [-0.15, -0.1) is 0 Å². The van der Waals surface area contributed by atoms with Gasteiger partial charge in [0.25, 0.3) is 5.91 Å². The van der Waals surface area contributed by atoms with Crippen LogP contribution in [0.3, 0.4) is 0 Å². The molecular weight excluding hydrogens is 264 g/mol. The van der Waals surface area contributed by atoms with E-state index in [2.05, 4.69) is 10.4 Å². The number of amides is 1. The van der Waals surface area contributed by atoms with E-state index >= 15 is 0 Å². The first-order valence-corrected chi connectivity index (χ1v) is 7.41. The molecule has 21 heavy (non-hydrogen) atoms. The van der Waals surface area contributed by atoms with Crippen LogP contribution >= 0.6 is 0 Å². The Morgan fingerprint density at radius 2 is 1.86 bits per heavy atom. The number of benzene rings is 1. The Balaban J connectivity index is 1.52. The maximum Gasteiger partial charge on any atom is 0.257 e. The molecule has 0 spiro atoms. The summed E-state index contributed by atoms with van der Waals surface area (Å²) < 4.78 is 1.76. The lowest BCUT2D eigenvalue weighted by Gasteiger charge is -2.16. The molecular formula is C16H18N4O. The van der Waals surface area contributed by atoms with E-state index in [1.165, 1.54) is 0 Å². The van der Waals surface area contributed by atoms with Gasteiger partial charge in [0, 0.05) is 32.4 Å². The molecule has 0 saturated carbocycles. The normalized spacial score (nSPS) is 24.3. The van der Waals surface area contributed by atoms with Gasteiger partial charge >= 0.3 is 0 Å². The molecule has 2 atom stereocenters. The predicted octanol–water partition coefficient (Wildman–Crippen LogP) is 1.16. The highest BCUT2D eigenvalue weighted by atomic mass is 16.2. The van der Waals surface area contributed by atoms with E-state index in [0.717, 1.165) is 31.9 Å². The van der Waals surface area contributed by atoms with E-state index in [1.807, 2.05) is 41.4 Å². The predicted molar refractivity (Wildman–Crippen MR) is 79.3 cm³/mol. The summed E-state index contributed by atoms with van der Waals surface area (Å²) in [6, 6.07) is 9.86. The number of hydrogen-bond acceptors (Lipinski definition) is 3. The van der Waals surface area contributed by atoms with Crippen molar-refractivity contribution in [2.24, 2.45) is 11.8 Å². The highest BCUT2D eigenvalue weighted by Gasteiger charge is 2.38. The molecule has 4 rings (SSSR count). The van der Waals surface area contributed by atoms with Gasteiger partial charge in [-0.2, -0.15) is 5.10 Å². The van der Waals surface area contributed by atoms with Gasteiger partial charge in [0.05, 0.1) is 17.4 Å². The number of nitrogens with one attached hydrogen (secondary N) is 1. The van der Waals surface area contributed by atoms with Crippen LogP contribution in [0.25, 0.3) is 5.69 Å². The summed E-state index contributed by atoms with van der Waals surface area (Å²) in [5.74, 6) is 1.35. The second-order valence-electron chi connectivity index (χ2n) is 5.90. The molecule has 2 aliphatic heterocycles. The molecule has 1 aromatic heterocycles. The van der Waals surface area contributed by atoms with Crippen molar-refractivity contribution in [3.63, 3.8) is 0 Å². The molecule has 108 valence electrons. The van der Waals surface area contributed by atoms with Gasteiger partial charge in [0.15, 0.2) is 0 Å². The number of carbonyl (C=O) groups is 1. The van der Waals surface area contributed by atoms with Crippen molar-refractivity contribution >= 4 is 5.91 Å². The Labute approximate surface area is 123 Å². The first-order valence-electron chi connectivity index (χ1n) is 7.41. The molecule has 0 unspecified atom stereocenters. The number of para-hydroxylation sites is 1. The largest absolute Gasteiger partial charge is 0.338 e. The molecule has 2 fully saturated rings. The molecule has 2 aliphatic rings. The van der Waals surface area contributed by atoms with E-state index < -0.39 is 0 Å². The minimum absolute atomic E-state index is 0.103. The van der Waals surface area contributed by atoms with Crippen molar-refractivity contribution < 1.29 is 4.79 Å². The van der Waals surface area contributed by atoms with Crippen molar-refractivity contribution in [3.05, 3.63) is 48.3 Å². The lowest BCUT2D eigenvalue weighted by atomic mass is 10.0. The van der Waals surface area contributed by atoms with Crippen molar-refractivity contribution in [1.29, 1.82) is 0 Å². The van der Waals surface area contributed by atoms with Gasteiger partial charge in [0.1, 0.15) is 0 Å². The molecule has 3 heterocycles. The van der Waals surface area contributed by atoms with Crippen molar-refractivity contribution in [2.75, 3.05) is 26.2 Å². The Morgan fingerprint density at radius 1 is 1.14 bits per heavy atom. The Hall–Kier alpha value is -2.14. The van der Waals surface area contributed by atoms with Crippen LogP contribution in [0.15, 0.2) is 42.7 Å². The number of carbonyl (C=O) groups excluding carboxylic acids is 1. The van der Waals surface area contributed by atoms with Crippen LogP contribution in [0, 0.1) is 11.8 Å². The quantitative estimate of drug-likeness (QED) is 0.899. The van der Waals surface area contributed by atoms with Crippen LogP contribution in [0.5, 0.6) is 0 Å². The Kier molecular flexibility index (Phi) is 3.00. The van der Waals surface area contributed by atoms with Gasteiger partial charge in [-0.1, -0.05) is 18.2 Å². The first-order chi connectivity index (χ1) is 10.3. The van der Waals surface area contributed by atoms with Crippen molar-refractivity contribution in [3.8, 4) is 5.69 Å². The highest BCUT2D eigenvalue weighted by Crippen LogP contribution is 2.27. The maximum atomic E-state index is 12.6. The monoisotopic (exact) mass is 282 g/mol. The number of nitrogens with zero attached hydrogens (tertiary/aromatic N) is 3. The number of aromatic nitrogens is 2. The fraction of sp³-hybridized carbons (Fsp3) is 0.375. The van der Waals surface area contributed by atoms with Gasteiger partial charge in [-0.3, -0.25) is 4.79 Å². The summed E-state index contributed by atoms with van der Waals surface area (Å²) in [6.45, 7) is 3.81. The average molecular weight is 282 g/mol. The minimum Gasteiger partial charge on any atom is -0.338 e. The van der Waals surface area contributed by atoms with E-state index in [0.29, 0.717) is 17.4 Å². The summed E-state index contributed by atoms with van der Waals surface area (Å²) in [6.07, 6.45) is 3.49.